The molecule has 5 heteroatoms. The third-order valence-corrected chi connectivity index (χ3v) is 5.28. The summed E-state index contributed by atoms with van der Waals surface area (Å²) in [5.41, 5.74) is 7.36. The summed E-state index contributed by atoms with van der Waals surface area (Å²) in [4.78, 5) is 14.9. The molecule has 112 valence electrons. The summed E-state index contributed by atoms with van der Waals surface area (Å²) in [5.74, 6) is 0.680. The lowest BCUT2D eigenvalue weighted by Crippen LogP contribution is -2.42. The van der Waals surface area contributed by atoms with Gasteiger partial charge in [-0.25, -0.2) is 0 Å². The number of nitrogens with zero attached hydrogens (tertiary/aromatic N) is 1. The molecule has 2 heterocycles. The monoisotopic (exact) mass is 295 g/mol. The predicted octanol–water partition coefficient (Wildman–Crippen LogP) is 1.90. The fourth-order valence-electron chi connectivity index (χ4n) is 2.90. The Morgan fingerprint density at radius 1 is 1.55 bits per heavy atom. The van der Waals surface area contributed by atoms with Gasteiger partial charge in [-0.1, -0.05) is 0 Å². The minimum absolute atomic E-state index is 0.0708. The second kappa shape index (κ2) is 7.20. The predicted molar refractivity (Wildman–Crippen MR) is 83.8 cm³/mol. The van der Waals surface area contributed by atoms with Gasteiger partial charge in [0.15, 0.2) is 0 Å². The minimum atomic E-state index is 0.0708. The molecule has 0 aliphatic carbocycles. The molecule has 1 aliphatic heterocycles. The van der Waals surface area contributed by atoms with Gasteiger partial charge >= 0.3 is 0 Å². The van der Waals surface area contributed by atoms with E-state index >= 15 is 0 Å². The smallest absolute Gasteiger partial charge is 0.216 e. The Balaban J connectivity index is 1.89. The maximum atomic E-state index is 11.0. The van der Waals surface area contributed by atoms with E-state index in [1.54, 1.807) is 6.92 Å². The second-order valence-electron chi connectivity index (χ2n) is 5.64. The van der Waals surface area contributed by atoms with Crippen LogP contribution >= 0.6 is 11.3 Å². The normalized spacial score (nSPS) is 18.9. The number of aryl methyl sites for hydroxylation is 1. The number of carbonyl (C=O) groups excluding carboxylic acids is 1. The maximum Gasteiger partial charge on any atom is 0.216 e. The zero-order valence-electron chi connectivity index (χ0n) is 12.4. The van der Waals surface area contributed by atoms with E-state index in [4.69, 9.17) is 5.73 Å². The quantitative estimate of drug-likeness (QED) is 0.872. The molecule has 3 N–H and O–H groups in total. The lowest BCUT2D eigenvalue weighted by Gasteiger charge is -2.37. The lowest BCUT2D eigenvalue weighted by molar-refractivity contribution is -0.119. The number of nitrogens with one attached hydrogen (secondary N) is 1. The SMILES string of the molecule is CC(=O)NCC1CCN(C(CN)c2sccc2C)CC1. The van der Waals surface area contributed by atoms with E-state index in [9.17, 15) is 4.79 Å². The summed E-state index contributed by atoms with van der Waals surface area (Å²) >= 11 is 1.81. The molecule has 1 unspecified atom stereocenters. The number of carbonyl (C=O) groups is 1. The van der Waals surface area contributed by atoms with Crippen LogP contribution in [0.2, 0.25) is 0 Å². The number of hydrogen-bond donors (Lipinski definition) is 2. The van der Waals surface area contributed by atoms with Gasteiger partial charge in [-0.05, 0) is 55.8 Å². The van der Waals surface area contributed by atoms with Crippen LogP contribution in [0.1, 0.15) is 36.2 Å². The molecule has 2 rings (SSSR count). The van der Waals surface area contributed by atoms with Gasteiger partial charge in [0, 0.05) is 24.9 Å². The third-order valence-electron chi connectivity index (χ3n) is 4.16. The molecule has 1 aromatic rings. The van der Waals surface area contributed by atoms with Crippen molar-refractivity contribution < 1.29 is 4.79 Å². The first kappa shape index (κ1) is 15.5. The molecule has 4 nitrogen and oxygen atoms in total. The van der Waals surface area contributed by atoms with Crippen LogP contribution in [-0.2, 0) is 4.79 Å². The van der Waals surface area contributed by atoms with Crippen molar-refractivity contribution in [3.05, 3.63) is 21.9 Å². The van der Waals surface area contributed by atoms with Crippen LogP contribution in [0.5, 0.6) is 0 Å². The summed E-state index contributed by atoms with van der Waals surface area (Å²) in [6, 6.07) is 2.53. The molecule has 1 saturated heterocycles. The van der Waals surface area contributed by atoms with E-state index in [0.29, 0.717) is 18.5 Å². The van der Waals surface area contributed by atoms with Gasteiger partial charge < -0.3 is 11.1 Å². The summed E-state index contributed by atoms with van der Waals surface area (Å²) in [7, 11) is 0. The van der Waals surface area contributed by atoms with Crippen LogP contribution in [0.3, 0.4) is 0 Å². The summed E-state index contributed by atoms with van der Waals surface area (Å²) in [6.45, 7) is 7.39. The van der Waals surface area contributed by atoms with Gasteiger partial charge in [0.05, 0.1) is 6.04 Å². The van der Waals surface area contributed by atoms with Crippen LogP contribution < -0.4 is 11.1 Å². The molecule has 0 saturated carbocycles. The number of thiophene rings is 1. The fourth-order valence-corrected chi connectivity index (χ4v) is 3.98. The lowest BCUT2D eigenvalue weighted by atomic mass is 9.95. The van der Waals surface area contributed by atoms with Crippen molar-refractivity contribution in [3.8, 4) is 0 Å². The molecule has 1 fully saturated rings. The molecular formula is C15H25N3OS. The average molecular weight is 295 g/mol. The number of likely N-dealkylation sites (tertiary alicyclic amines) is 1. The van der Waals surface area contributed by atoms with Gasteiger partial charge in [0.1, 0.15) is 0 Å². The van der Waals surface area contributed by atoms with Crippen molar-refractivity contribution in [1.29, 1.82) is 0 Å². The fraction of sp³-hybridized carbons (Fsp3) is 0.667. The van der Waals surface area contributed by atoms with E-state index in [1.165, 1.54) is 10.4 Å². The zero-order valence-corrected chi connectivity index (χ0v) is 13.2. The highest BCUT2D eigenvalue weighted by atomic mass is 32.1. The first-order valence-electron chi connectivity index (χ1n) is 7.34. The highest BCUT2D eigenvalue weighted by Gasteiger charge is 2.26. The Kier molecular flexibility index (Phi) is 5.57. The van der Waals surface area contributed by atoms with Crippen molar-refractivity contribution in [2.45, 2.75) is 32.7 Å². The van der Waals surface area contributed by atoms with E-state index in [1.807, 2.05) is 11.3 Å². The van der Waals surface area contributed by atoms with E-state index in [0.717, 1.165) is 32.5 Å². The van der Waals surface area contributed by atoms with Crippen LogP contribution in [-0.4, -0.2) is 37.0 Å². The number of amides is 1. The van der Waals surface area contributed by atoms with Crippen LogP contribution in [0, 0.1) is 12.8 Å². The molecular weight excluding hydrogens is 270 g/mol. The number of rotatable bonds is 5. The number of hydrogen-bond acceptors (Lipinski definition) is 4. The molecule has 0 spiro atoms. The molecule has 0 aromatic carbocycles. The van der Waals surface area contributed by atoms with Crippen molar-refractivity contribution in [2.75, 3.05) is 26.2 Å². The maximum absolute atomic E-state index is 11.0. The second-order valence-corrected chi connectivity index (χ2v) is 6.58. The molecule has 1 aliphatic rings. The van der Waals surface area contributed by atoms with E-state index in [-0.39, 0.29) is 5.91 Å². The first-order valence-corrected chi connectivity index (χ1v) is 8.22. The summed E-state index contributed by atoms with van der Waals surface area (Å²) in [6.07, 6.45) is 2.28. The van der Waals surface area contributed by atoms with Crippen LogP contribution in [0.15, 0.2) is 11.4 Å². The highest BCUT2D eigenvalue weighted by Crippen LogP contribution is 2.31. The Bertz CT molecular complexity index is 438. The molecule has 1 atom stereocenters. The van der Waals surface area contributed by atoms with Gasteiger partial charge in [0.2, 0.25) is 5.91 Å². The number of piperidine rings is 1. The van der Waals surface area contributed by atoms with Crippen LogP contribution in [0.4, 0.5) is 0 Å². The number of nitrogens with two attached hydrogens (primary N) is 1. The largest absolute Gasteiger partial charge is 0.356 e. The van der Waals surface area contributed by atoms with Gasteiger partial charge in [-0.2, -0.15) is 0 Å². The zero-order chi connectivity index (χ0) is 14.5. The molecule has 1 amide bonds. The summed E-state index contributed by atoms with van der Waals surface area (Å²) in [5, 5.41) is 5.08. The Labute approximate surface area is 125 Å². The topological polar surface area (TPSA) is 58.4 Å². The standard InChI is InChI=1S/C15H25N3OS/c1-11-5-8-20-15(11)14(9-16)18-6-3-13(4-7-18)10-17-12(2)19/h5,8,13-14H,3-4,6-7,9-10,16H2,1-2H3,(H,17,19). The van der Waals surface area contributed by atoms with E-state index < -0.39 is 0 Å². The van der Waals surface area contributed by atoms with Gasteiger partial charge in [0.25, 0.3) is 0 Å². The molecule has 0 bridgehead atoms. The van der Waals surface area contributed by atoms with Crippen LogP contribution in [0.25, 0.3) is 0 Å². The highest BCUT2D eigenvalue weighted by molar-refractivity contribution is 7.10. The van der Waals surface area contributed by atoms with Crippen molar-refractivity contribution in [3.63, 3.8) is 0 Å². The van der Waals surface area contributed by atoms with E-state index in [2.05, 4.69) is 28.6 Å². The Morgan fingerprint density at radius 3 is 2.75 bits per heavy atom. The molecule has 0 radical (unpaired) electrons. The summed E-state index contributed by atoms with van der Waals surface area (Å²) < 4.78 is 0. The van der Waals surface area contributed by atoms with Crippen molar-refractivity contribution in [1.82, 2.24) is 10.2 Å². The third kappa shape index (κ3) is 3.81. The molecule has 20 heavy (non-hydrogen) atoms. The van der Waals surface area contributed by atoms with Crippen molar-refractivity contribution >= 4 is 17.2 Å². The Hall–Kier alpha value is -0.910. The Morgan fingerprint density at radius 2 is 2.25 bits per heavy atom. The van der Waals surface area contributed by atoms with Crippen molar-refractivity contribution in [2.24, 2.45) is 11.7 Å². The van der Waals surface area contributed by atoms with Gasteiger partial charge in [-0.3, -0.25) is 9.69 Å². The molecule has 1 aromatic heterocycles. The minimum Gasteiger partial charge on any atom is -0.356 e. The average Bonchev–Trinajstić information content (AvgIpc) is 2.85. The van der Waals surface area contributed by atoms with Gasteiger partial charge in [-0.15, -0.1) is 11.3 Å². The first-order chi connectivity index (χ1) is 9.61.